The van der Waals surface area contributed by atoms with E-state index in [9.17, 15) is 19.7 Å². The lowest BCUT2D eigenvalue weighted by Gasteiger charge is -2.12. The number of methoxy groups -OCH3 is 1. The van der Waals surface area contributed by atoms with Gasteiger partial charge >= 0.3 is 5.97 Å². The van der Waals surface area contributed by atoms with Gasteiger partial charge in [-0.1, -0.05) is 11.6 Å². The molecule has 166 valence electrons. The summed E-state index contributed by atoms with van der Waals surface area (Å²) in [5, 5.41) is 23.0. The number of rotatable bonds is 7. The fourth-order valence-corrected chi connectivity index (χ4v) is 4.36. The summed E-state index contributed by atoms with van der Waals surface area (Å²) in [7, 11) is 1.41. The van der Waals surface area contributed by atoms with Crippen molar-refractivity contribution < 1.29 is 29.1 Å². The Morgan fingerprint density at radius 1 is 1.41 bits per heavy atom. The van der Waals surface area contributed by atoms with E-state index in [-0.39, 0.29) is 27.3 Å². The molecule has 3 rings (SSSR count). The van der Waals surface area contributed by atoms with Crippen LogP contribution < -0.4 is 14.8 Å². The van der Waals surface area contributed by atoms with E-state index in [1.54, 1.807) is 18.2 Å². The highest BCUT2D eigenvalue weighted by molar-refractivity contribution is 14.1. The van der Waals surface area contributed by atoms with Crippen molar-refractivity contribution >= 4 is 80.4 Å². The van der Waals surface area contributed by atoms with Crippen LogP contribution in [0, 0.1) is 13.7 Å². The van der Waals surface area contributed by atoms with Crippen LogP contribution in [0.25, 0.3) is 6.08 Å². The van der Waals surface area contributed by atoms with E-state index in [2.05, 4.69) is 10.3 Å². The van der Waals surface area contributed by atoms with Crippen molar-refractivity contribution in [2.75, 3.05) is 13.7 Å². The number of ether oxygens (including phenoxy) is 2. The monoisotopic (exact) mass is 589 g/mol. The quantitative estimate of drug-likeness (QED) is 0.212. The van der Waals surface area contributed by atoms with Crippen LogP contribution >= 0.6 is 46.0 Å². The number of nitrogens with zero attached hydrogens (tertiary/aromatic N) is 2. The summed E-state index contributed by atoms with van der Waals surface area (Å²) in [5.74, 6) is -0.969. The minimum atomic E-state index is -1.12. The van der Waals surface area contributed by atoms with Crippen molar-refractivity contribution in [3.05, 3.63) is 59.5 Å². The number of carbonyl (C=O) groups is 2. The van der Waals surface area contributed by atoms with Gasteiger partial charge in [0.05, 0.1) is 20.5 Å². The number of amidine groups is 1. The maximum atomic E-state index is 12.4. The highest BCUT2D eigenvalue weighted by Crippen LogP contribution is 2.37. The van der Waals surface area contributed by atoms with Crippen LogP contribution in [-0.2, 0) is 9.59 Å². The summed E-state index contributed by atoms with van der Waals surface area (Å²) < 4.78 is 11.1. The number of aliphatic carboxylic acids is 1. The highest BCUT2D eigenvalue weighted by atomic mass is 127. The number of carboxylic acids is 1. The van der Waals surface area contributed by atoms with E-state index in [1.165, 1.54) is 25.3 Å². The fraction of sp³-hybridized carbons (Fsp3) is 0.105. The van der Waals surface area contributed by atoms with Crippen LogP contribution in [0.5, 0.6) is 11.5 Å². The van der Waals surface area contributed by atoms with E-state index in [0.29, 0.717) is 19.8 Å². The second kappa shape index (κ2) is 10.2. The molecule has 0 bridgehead atoms. The van der Waals surface area contributed by atoms with Gasteiger partial charge < -0.3 is 19.9 Å². The van der Waals surface area contributed by atoms with Gasteiger partial charge in [0.15, 0.2) is 23.3 Å². The van der Waals surface area contributed by atoms with Crippen molar-refractivity contribution in [2.24, 2.45) is 4.99 Å². The average Bonchev–Trinajstić information content (AvgIpc) is 3.06. The third kappa shape index (κ3) is 5.69. The summed E-state index contributed by atoms with van der Waals surface area (Å²) in [4.78, 5) is 38.3. The molecule has 1 saturated heterocycles. The minimum absolute atomic E-state index is 0.0552. The van der Waals surface area contributed by atoms with Gasteiger partial charge in [-0.3, -0.25) is 14.9 Å². The lowest BCUT2D eigenvalue weighted by Crippen LogP contribution is -2.19. The minimum Gasteiger partial charge on any atom is -0.493 e. The molecule has 0 spiro atoms. The Hall–Kier alpha value is -2.84. The number of thioether (sulfide) groups is 1. The van der Waals surface area contributed by atoms with E-state index in [4.69, 9.17) is 26.2 Å². The van der Waals surface area contributed by atoms with Crippen LogP contribution in [0.2, 0.25) is 5.02 Å². The van der Waals surface area contributed by atoms with Crippen LogP contribution in [-0.4, -0.2) is 40.8 Å². The SMILES string of the molecule is COc1cc(/C=C2/SC(=Nc3ccc(Cl)cc3[N+](=O)[O-])NC2=O)cc(I)c1OCC(=O)O. The first-order chi connectivity index (χ1) is 15.2. The molecule has 0 saturated carbocycles. The van der Waals surface area contributed by atoms with Crippen molar-refractivity contribution in [1.29, 1.82) is 0 Å². The van der Waals surface area contributed by atoms with E-state index >= 15 is 0 Å². The van der Waals surface area contributed by atoms with Gasteiger partial charge in [-0.15, -0.1) is 0 Å². The number of benzene rings is 2. The first-order valence-electron chi connectivity index (χ1n) is 8.63. The molecule has 0 atom stereocenters. The predicted octanol–water partition coefficient (Wildman–Crippen LogP) is 4.22. The molecule has 0 aliphatic carbocycles. The third-order valence-corrected chi connectivity index (χ3v) is 5.84. The molecule has 1 aliphatic rings. The molecule has 0 aromatic heterocycles. The molecule has 1 fully saturated rings. The molecule has 2 aromatic carbocycles. The summed E-state index contributed by atoms with van der Waals surface area (Å²) in [5.41, 5.74) is 0.374. The Balaban J connectivity index is 1.89. The molecular formula is C19H13ClIN3O7S. The number of halogens is 2. The van der Waals surface area contributed by atoms with E-state index < -0.39 is 23.4 Å². The number of nitro groups is 1. The van der Waals surface area contributed by atoms with Crippen molar-refractivity contribution in [1.82, 2.24) is 5.32 Å². The van der Waals surface area contributed by atoms with Gasteiger partial charge in [-0.25, -0.2) is 9.79 Å². The summed E-state index contributed by atoms with van der Waals surface area (Å²) in [6, 6.07) is 7.33. The van der Waals surface area contributed by atoms with Gasteiger partial charge in [-0.2, -0.15) is 0 Å². The molecule has 0 radical (unpaired) electrons. The maximum Gasteiger partial charge on any atom is 0.341 e. The van der Waals surface area contributed by atoms with Gasteiger partial charge in [0, 0.05) is 11.1 Å². The van der Waals surface area contributed by atoms with E-state index in [0.717, 1.165) is 11.8 Å². The number of hydrogen-bond donors (Lipinski definition) is 2. The second-order valence-electron chi connectivity index (χ2n) is 6.09. The molecule has 1 amide bonds. The molecule has 32 heavy (non-hydrogen) atoms. The lowest BCUT2D eigenvalue weighted by atomic mass is 10.2. The first-order valence-corrected chi connectivity index (χ1v) is 10.9. The van der Waals surface area contributed by atoms with Gasteiger partial charge in [0.25, 0.3) is 11.6 Å². The van der Waals surface area contributed by atoms with Crippen LogP contribution in [0.15, 0.2) is 40.2 Å². The number of amides is 1. The Bertz CT molecular complexity index is 1190. The summed E-state index contributed by atoms with van der Waals surface area (Å²) in [6.07, 6.45) is 1.59. The Morgan fingerprint density at radius 3 is 2.81 bits per heavy atom. The van der Waals surface area contributed by atoms with Crippen LogP contribution in [0.4, 0.5) is 11.4 Å². The predicted molar refractivity (Wildman–Crippen MR) is 128 cm³/mol. The zero-order valence-corrected chi connectivity index (χ0v) is 19.9. The number of carbonyl (C=O) groups excluding carboxylic acids is 1. The second-order valence-corrected chi connectivity index (χ2v) is 8.72. The Kier molecular flexibility index (Phi) is 7.58. The topological polar surface area (TPSA) is 140 Å². The zero-order valence-electron chi connectivity index (χ0n) is 16.1. The lowest BCUT2D eigenvalue weighted by molar-refractivity contribution is -0.384. The van der Waals surface area contributed by atoms with Crippen LogP contribution in [0.3, 0.4) is 0 Å². The van der Waals surface area contributed by atoms with E-state index in [1.807, 2.05) is 22.6 Å². The smallest absolute Gasteiger partial charge is 0.341 e. The highest BCUT2D eigenvalue weighted by Gasteiger charge is 2.26. The normalized spacial score (nSPS) is 15.7. The largest absolute Gasteiger partial charge is 0.493 e. The van der Waals surface area contributed by atoms with Crippen molar-refractivity contribution in [3.8, 4) is 11.5 Å². The Morgan fingerprint density at radius 2 is 2.16 bits per heavy atom. The fourth-order valence-electron chi connectivity index (χ4n) is 2.58. The average molecular weight is 590 g/mol. The molecule has 0 unspecified atom stereocenters. The molecule has 13 heteroatoms. The zero-order chi connectivity index (χ0) is 23.4. The molecule has 2 N–H and O–H groups in total. The van der Waals surface area contributed by atoms with Crippen molar-refractivity contribution in [2.45, 2.75) is 0 Å². The standard InChI is InChI=1S/C19H13ClIN3O7S/c1-30-14-5-9(4-11(21)17(14)31-8-16(25)26)6-15-18(27)23-19(32-15)22-12-3-2-10(20)7-13(12)24(28)29/h2-7H,8H2,1H3,(H,25,26)(H,22,23,27)/b15-6+. The van der Waals surface area contributed by atoms with Crippen molar-refractivity contribution in [3.63, 3.8) is 0 Å². The maximum absolute atomic E-state index is 12.4. The molecule has 1 aliphatic heterocycles. The Labute approximate surface area is 203 Å². The number of aliphatic imine (C=N–C) groups is 1. The molecule has 1 heterocycles. The number of hydrogen-bond acceptors (Lipinski definition) is 8. The van der Waals surface area contributed by atoms with Crippen LogP contribution in [0.1, 0.15) is 5.56 Å². The number of nitro benzene ring substituents is 1. The summed E-state index contributed by atoms with van der Waals surface area (Å²) >= 11 is 8.80. The number of carboxylic acid groups (broad SMARTS) is 1. The summed E-state index contributed by atoms with van der Waals surface area (Å²) in [6.45, 7) is -0.526. The number of nitrogens with one attached hydrogen (secondary N) is 1. The van der Waals surface area contributed by atoms with Gasteiger partial charge in [0.2, 0.25) is 0 Å². The molecule has 2 aromatic rings. The van der Waals surface area contributed by atoms with Gasteiger partial charge in [0.1, 0.15) is 5.69 Å². The molecular weight excluding hydrogens is 577 g/mol. The molecule has 10 nitrogen and oxygen atoms in total. The van der Waals surface area contributed by atoms with Gasteiger partial charge in [-0.05, 0) is 70.3 Å². The third-order valence-electron chi connectivity index (χ3n) is 3.90. The first kappa shape index (κ1) is 23.8.